The molecule has 1 saturated heterocycles. The lowest BCUT2D eigenvalue weighted by atomic mass is 9.87. The van der Waals surface area contributed by atoms with Crippen LogP contribution in [-0.2, 0) is 4.79 Å². The van der Waals surface area contributed by atoms with Crippen molar-refractivity contribution in [2.45, 2.75) is 33.6 Å². The van der Waals surface area contributed by atoms with E-state index in [9.17, 15) is 4.79 Å². The normalized spacial score (nSPS) is 17.9. The highest BCUT2D eigenvalue weighted by Crippen LogP contribution is 2.24. The van der Waals surface area contributed by atoms with Crippen LogP contribution >= 0.6 is 0 Å². The third-order valence-corrected chi connectivity index (χ3v) is 3.00. The van der Waals surface area contributed by atoms with Gasteiger partial charge < -0.3 is 4.90 Å². The van der Waals surface area contributed by atoms with Gasteiger partial charge in [0.25, 0.3) is 5.91 Å². The zero-order valence-electron chi connectivity index (χ0n) is 9.34. The van der Waals surface area contributed by atoms with Gasteiger partial charge in [0.1, 0.15) is 0 Å². The molecule has 2 nitrogen and oxygen atoms in total. The third-order valence-electron chi connectivity index (χ3n) is 3.00. The maximum Gasteiger partial charge on any atom is 0.298 e. The number of likely N-dealkylation sites (tertiary alicyclic amines) is 1. The standard InChI is InChI=1S/C12H19NO/c1-4-5-12(14)13-8-6-11(7-9-13)10(2)3/h10-11H,6-9H2,1-3H3. The van der Waals surface area contributed by atoms with Crippen molar-refractivity contribution in [2.24, 2.45) is 11.8 Å². The van der Waals surface area contributed by atoms with E-state index in [0.717, 1.165) is 37.8 Å². The molecule has 0 bridgehead atoms. The smallest absolute Gasteiger partial charge is 0.298 e. The van der Waals surface area contributed by atoms with Gasteiger partial charge in [0.2, 0.25) is 0 Å². The first-order valence-electron chi connectivity index (χ1n) is 5.36. The van der Waals surface area contributed by atoms with Crippen molar-refractivity contribution >= 4 is 5.91 Å². The number of hydrogen-bond donors (Lipinski definition) is 0. The lowest BCUT2D eigenvalue weighted by molar-refractivity contribution is -0.126. The fourth-order valence-corrected chi connectivity index (χ4v) is 1.96. The summed E-state index contributed by atoms with van der Waals surface area (Å²) >= 11 is 0. The monoisotopic (exact) mass is 193 g/mol. The van der Waals surface area contributed by atoms with E-state index in [4.69, 9.17) is 0 Å². The van der Waals surface area contributed by atoms with Crippen LogP contribution in [0.1, 0.15) is 33.6 Å². The Kier molecular flexibility index (Phi) is 4.00. The van der Waals surface area contributed by atoms with Gasteiger partial charge in [0, 0.05) is 13.1 Å². The molecule has 0 spiro atoms. The SMILES string of the molecule is CC#CC(=O)N1CCC(C(C)C)CC1. The van der Waals surface area contributed by atoms with Gasteiger partial charge >= 0.3 is 0 Å². The van der Waals surface area contributed by atoms with E-state index in [2.05, 4.69) is 25.7 Å². The molecule has 1 fully saturated rings. The molecule has 1 amide bonds. The van der Waals surface area contributed by atoms with E-state index in [0.29, 0.717) is 0 Å². The second kappa shape index (κ2) is 5.05. The third kappa shape index (κ3) is 2.77. The van der Waals surface area contributed by atoms with Gasteiger partial charge in [-0.1, -0.05) is 19.8 Å². The van der Waals surface area contributed by atoms with Gasteiger partial charge in [-0.2, -0.15) is 0 Å². The first-order chi connectivity index (χ1) is 6.65. The first-order valence-corrected chi connectivity index (χ1v) is 5.36. The van der Waals surface area contributed by atoms with Crippen LogP contribution < -0.4 is 0 Å². The summed E-state index contributed by atoms with van der Waals surface area (Å²) in [6.07, 6.45) is 2.27. The van der Waals surface area contributed by atoms with Crippen molar-refractivity contribution in [3.8, 4) is 11.8 Å². The lowest BCUT2D eigenvalue weighted by Crippen LogP contribution is -2.38. The minimum absolute atomic E-state index is 0.00490. The highest BCUT2D eigenvalue weighted by atomic mass is 16.2. The van der Waals surface area contributed by atoms with Crippen molar-refractivity contribution in [1.82, 2.24) is 4.90 Å². The van der Waals surface area contributed by atoms with E-state index in [1.54, 1.807) is 6.92 Å². The molecule has 0 aromatic rings. The number of hydrogen-bond acceptors (Lipinski definition) is 1. The maximum absolute atomic E-state index is 11.4. The number of carbonyl (C=O) groups is 1. The predicted molar refractivity (Wildman–Crippen MR) is 57.6 cm³/mol. The Morgan fingerprint density at radius 1 is 1.36 bits per heavy atom. The summed E-state index contributed by atoms with van der Waals surface area (Å²) < 4.78 is 0. The Labute approximate surface area is 86.7 Å². The topological polar surface area (TPSA) is 20.3 Å². The van der Waals surface area contributed by atoms with Gasteiger partial charge in [-0.25, -0.2) is 0 Å². The Hall–Kier alpha value is -0.970. The van der Waals surface area contributed by atoms with Gasteiger partial charge in [-0.3, -0.25) is 4.79 Å². The number of nitrogens with zero attached hydrogens (tertiary/aromatic N) is 1. The molecule has 78 valence electrons. The maximum atomic E-state index is 11.4. The van der Waals surface area contributed by atoms with Crippen LogP contribution in [0.3, 0.4) is 0 Å². The molecule has 1 aliphatic heterocycles. The molecule has 1 heterocycles. The van der Waals surface area contributed by atoms with Crippen LogP contribution in [0.5, 0.6) is 0 Å². The van der Waals surface area contributed by atoms with Crippen molar-refractivity contribution in [1.29, 1.82) is 0 Å². The van der Waals surface area contributed by atoms with Crippen LogP contribution in [0.25, 0.3) is 0 Å². The zero-order chi connectivity index (χ0) is 10.6. The summed E-state index contributed by atoms with van der Waals surface area (Å²) in [5.41, 5.74) is 0. The summed E-state index contributed by atoms with van der Waals surface area (Å²) in [5.74, 6) is 6.77. The lowest BCUT2D eigenvalue weighted by Gasteiger charge is -2.32. The molecule has 0 saturated carbocycles. The minimum Gasteiger partial charge on any atom is -0.332 e. The van der Waals surface area contributed by atoms with Gasteiger partial charge in [0.15, 0.2) is 0 Å². The van der Waals surface area contributed by atoms with Gasteiger partial charge in [-0.15, -0.1) is 0 Å². The molecule has 14 heavy (non-hydrogen) atoms. The molecule has 0 unspecified atom stereocenters. The molecule has 0 radical (unpaired) electrons. The van der Waals surface area contributed by atoms with E-state index >= 15 is 0 Å². The summed E-state index contributed by atoms with van der Waals surface area (Å²) in [5, 5.41) is 0. The second-order valence-electron chi connectivity index (χ2n) is 4.25. The molecule has 0 atom stereocenters. The van der Waals surface area contributed by atoms with Crippen molar-refractivity contribution in [3.63, 3.8) is 0 Å². The molecule has 0 aliphatic carbocycles. The molecular weight excluding hydrogens is 174 g/mol. The molecule has 1 rings (SSSR count). The predicted octanol–water partition coefficient (Wildman–Crippen LogP) is 1.90. The van der Waals surface area contributed by atoms with E-state index in [-0.39, 0.29) is 5.91 Å². The largest absolute Gasteiger partial charge is 0.332 e. The molecule has 0 aromatic carbocycles. The Bertz CT molecular complexity index is 251. The summed E-state index contributed by atoms with van der Waals surface area (Å²) in [6, 6.07) is 0. The number of piperidine rings is 1. The average molecular weight is 193 g/mol. The van der Waals surface area contributed by atoms with E-state index in [1.165, 1.54) is 0 Å². The fraction of sp³-hybridized carbons (Fsp3) is 0.750. The van der Waals surface area contributed by atoms with Crippen LogP contribution in [-0.4, -0.2) is 23.9 Å². The van der Waals surface area contributed by atoms with Gasteiger partial charge in [-0.05, 0) is 37.5 Å². The number of carbonyl (C=O) groups excluding carboxylic acids is 1. The second-order valence-corrected chi connectivity index (χ2v) is 4.25. The minimum atomic E-state index is -0.00490. The molecule has 1 aliphatic rings. The van der Waals surface area contributed by atoms with E-state index in [1.807, 2.05) is 4.90 Å². The quantitative estimate of drug-likeness (QED) is 0.582. The zero-order valence-corrected chi connectivity index (χ0v) is 9.34. The Morgan fingerprint density at radius 3 is 2.36 bits per heavy atom. The highest BCUT2D eigenvalue weighted by molar-refractivity contribution is 5.93. The highest BCUT2D eigenvalue weighted by Gasteiger charge is 2.23. The molecule has 0 N–H and O–H groups in total. The van der Waals surface area contributed by atoms with E-state index < -0.39 is 0 Å². The Morgan fingerprint density at radius 2 is 1.93 bits per heavy atom. The fourth-order valence-electron chi connectivity index (χ4n) is 1.96. The first kappa shape index (κ1) is 11.1. The van der Waals surface area contributed by atoms with Crippen molar-refractivity contribution in [3.05, 3.63) is 0 Å². The number of rotatable bonds is 1. The van der Waals surface area contributed by atoms with Gasteiger partial charge in [0.05, 0.1) is 0 Å². The van der Waals surface area contributed by atoms with Crippen molar-refractivity contribution in [2.75, 3.05) is 13.1 Å². The molecule has 2 heteroatoms. The van der Waals surface area contributed by atoms with Crippen LogP contribution in [0.2, 0.25) is 0 Å². The number of amides is 1. The molecular formula is C12H19NO. The summed E-state index contributed by atoms with van der Waals surface area (Å²) in [7, 11) is 0. The van der Waals surface area contributed by atoms with Crippen LogP contribution in [0.4, 0.5) is 0 Å². The van der Waals surface area contributed by atoms with Crippen molar-refractivity contribution < 1.29 is 4.79 Å². The van der Waals surface area contributed by atoms with Crippen LogP contribution in [0.15, 0.2) is 0 Å². The average Bonchev–Trinajstić information content (AvgIpc) is 2.18. The van der Waals surface area contributed by atoms with Crippen LogP contribution in [0, 0.1) is 23.7 Å². The Balaban J connectivity index is 2.42. The molecule has 0 aromatic heterocycles. The summed E-state index contributed by atoms with van der Waals surface area (Å²) in [4.78, 5) is 13.3. The summed E-state index contributed by atoms with van der Waals surface area (Å²) in [6.45, 7) is 7.99.